The number of benzene rings is 1. The first-order chi connectivity index (χ1) is 9.32. The number of halogens is 3. The molecule has 0 saturated heterocycles. The third kappa shape index (κ3) is 5.42. The smallest absolute Gasteiger partial charge is 0.0652 e. The fourth-order valence-electron chi connectivity index (χ4n) is 2.12. The van der Waals surface area contributed by atoms with Crippen LogP contribution in [0.3, 0.4) is 0 Å². The van der Waals surface area contributed by atoms with Gasteiger partial charge in [0.25, 0.3) is 0 Å². The van der Waals surface area contributed by atoms with Crippen molar-refractivity contribution < 1.29 is 0 Å². The first-order valence-corrected chi connectivity index (χ1v) is 7.95. The average molecular weight is 338 g/mol. The van der Waals surface area contributed by atoms with E-state index in [1.54, 1.807) is 12.1 Å². The minimum absolute atomic E-state index is 0.492. The Balaban J connectivity index is 2.61. The highest BCUT2D eigenvalue weighted by Gasteiger charge is 2.14. The standard InChI is InChI=1S/C15H23Cl3N2/c1-10(2)7-11(20(3)4)8-19-9-12-13(16)5-6-14(17)15(12)18/h5-6,10-11,19H,7-9H2,1-4H3. The van der Waals surface area contributed by atoms with Crippen LogP contribution in [0.2, 0.25) is 15.1 Å². The van der Waals surface area contributed by atoms with Crippen molar-refractivity contribution in [3.8, 4) is 0 Å². The summed E-state index contributed by atoms with van der Waals surface area (Å²) in [7, 11) is 4.21. The zero-order chi connectivity index (χ0) is 15.3. The van der Waals surface area contributed by atoms with Crippen LogP contribution in [-0.4, -0.2) is 31.6 Å². The van der Waals surface area contributed by atoms with E-state index in [2.05, 4.69) is 38.2 Å². The second kappa shape index (κ2) is 8.45. The monoisotopic (exact) mass is 336 g/mol. The van der Waals surface area contributed by atoms with E-state index < -0.39 is 0 Å². The molecule has 1 aromatic carbocycles. The lowest BCUT2D eigenvalue weighted by atomic mass is 10.0. The van der Waals surface area contributed by atoms with Crippen molar-refractivity contribution in [2.75, 3.05) is 20.6 Å². The molecule has 0 saturated carbocycles. The molecule has 0 aromatic heterocycles. The molecular formula is C15H23Cl3N2. The summed E-state index contributed by atoms with van der Waals surface area (Å²) in [6.45, 7) is 5.99. The van der Waals surface area contributed by atoms with E-state index in [0.29, 0.717) is 33.6 Å². The van der Waals surface area contributed by atoms with Gasteiger partial charge in [-0.3, -0.25) is 0 Å². The Labute approximate surface area is 137 Å². The second-order valence-corrected chi connectivity index (χ2v) is 6.89. The minimum atomic E-state index is 0.492. The van der Waals surface area contributed by atoms with Crippen molar-refractivity contribution in [2.45, 2.75) is 32.9 Å². The largest absolute Gasteiger partial charge is 0.311 e. The van der Waals surface area contributed by atoms with Gasteiger partial charge in [0.1, 0.15) is 0 Å². The number of nitrogens with zero attached hydrogens (tertiary/aromatic N) is 1. The molecule has 1 rings (SSSR count). The molecule has 0 bridgehead atoms. The maximum Gasteiger partial charge on any atom is 0.0652 e. The van der Waals surface area contributed by atoms with Gasteiger partial charge in [-0.05, 0) is 38.6 Å². The molecule has 0 heterocycles. The van der Waals surface area contributed by atoms with Crippen LogP contribution in [-0.2, 0) is 6.54 Å². The van der Waals surface area contributed by atoms with Gasteiger partial charge in [-0.1, -0.05) is 48.7 Å². The lowest BCUT2D eigenvalue weighted by molar-refractivity contribution is 0.246. The van der Waals surface area contributed by atoms with Gasteiger partial charge < -0.3 is 10.2 Å². The van der Waals surface area contributed by atoms with E-state index in [9.17, 15) is 0 Å². The van der Waals surface area contributed by atoms with Crippen molar-refractivity contribution >= 4 is 34.8 Å². The number of nitrogens with one attached hydrogen (secondary N) is 1. The molecule has 114 valence electrons. The molecule has 0 amide bonds. The predicted molar refractivity (Wildman–Crippen MR) is 90.1 cm³/mol. The van der Waals surface area contributed by atoms with Crippen LogP contribution in [0.5, 0.6) is 0 Å². The summed E-state index contributed by atoms with van der Waals surface area (Å²) in [5, 5.41) is 5.16. The molecule has 1 N–H and O–H groups in total. The summed E-state index contributed by atoms with van der Waals surface area (Å²) in [6.07, 6.45) is 1.15. The summed E-state index contributed by atoms with van der Waals surface area (Å²) < 4.78 is 0. The average Bonchev–Trinajstić information content (AvgIpc) is 2.36. The van der Waals surface area contributed by atoms with E-state index in [1.807, 2.05) is 0 Å². The molecular weight excluding hydrogens is 315 g/mol. The van der Waals surface area contributed by atoms with Crippen molar-refractivity contribution in [2.24, 2.45) is 5.92 Å². The van der Waals surface area contributed by atoms with Gasteiger partial charge in [-0.15, -0.1) is 0 Å². The van der Waals surface area contributed by atoms with Gasteiger partial charge in [-0.25, -0.2) is 0 Å². The van der Waals surface area contributed by atoms with Crippen LogP contribution >= 0.6 is 34.8 Å². The molecule has 1 aromatic rings. The van der Waals surface area contributed by atoms with Gasteiger partial charge in [0.2, 0.25) is 0 Å². The number of hydrogen-bond acceptors (Lipinski definition) is 2. The van der Waals surface area contributed by atoms with E-state index >= 15 is 0 Å². The quantitative estimate of drug-likeness (QED) is 0.725. The van der Waals surface area contributed by atoms with E-state index in [-0.39, 0.29) is 0 Å². The van der Waals surface area contributed by atoms with Crippen LogP contribution < -0.4 is 5.32 Å². The molecule has 0 fully saturated rings. The minimum Gasteiger partial charge on any atom is -0.311 e. The highest BCUT2D eigenvalue weighted by atomic mass is 35.5. The van der Waals surface area contributed by atoms with Gasteiger partial charge in [-0.2, -0.15) is 0 Å². The molecule has 20 heavy (non-hydrogen) atoms. The molecule has 1 atom stereocenters. The molecule has 2 nitrogen and oxygen atoms in total. The van der Waals surface area contributed by atoms with E-state index in [1.165, 1.54) is 0 Å². The van der Waals surface area contributed by atoms with Crippen molar-refractivity contribution in [3.05, 3.63) is 32.8 Å². The first kappa shape index (κ1) is 18.1. The SMILES string of the molecule is CC(C)CC(CNCc1c(Cl)ccc(Cl)c1Cl)N(C)C. The maximum atomic E-state index is 6.19. The van der Waals surface area contributed by atoms with Crippen LogP contribution in [0, 0.1) is 5.92 Å². The lowest BCUT2D eigenvalue weighted by Crippen LogP contribution is -2.38. The van der Waals surface area contributed by atoms with E-state index in [4.69, 9.17) is 34.8 Å². The maximum absolute atomic E-state index is 6.19. The highest BCUT2D eigenvalue weighted by molar-refractivity contribution is 6.44. The van der Waals surface area contributed by atoms with Crippen molar-refractivity contribution in [1.29, 1.82) is 0 Å². The van der Waals surface area contributed by atoms with Crippen LogP contribution in [0.25, 0.3) is 0 Å². The Morgan fingerprint density at radius 3 is 2.25 bits per heavy atom. The zero-order valence-electron chi connectivity index (χ0n) is 12.5. The zero-order valence-corrected chi connectivity index (χ0v) is 14.8. The highest BCUT2D eigenvalue weighted by Crippen LogP contribution is 2.31. The fraction of sp³-hybridized carbons (Fsp3) is 0.600. The normalized spacial score (nSPS) is 13.2. The Morgan fingerprint density at radius 1 is 1.10 bits per heavy atom. The molecule has 1 unspecified atom stereocenters. The molecule has 0 aliphatic rings. The summed E-state index contributed by atoms with van der Waals surface area (Å²) >= 11 is 18.4. The summed E-state index contributed by atoms with van der Waals surface area (Å²) in [5.74, 6) is 0.669. The summed E-state index contributed by atoms with van der Waals surface area (Å²) in [6, 6.07) is 3.99. The second-order valence-electron chi connectivity index (χ2n) is 5.70. The molecule has 5 heteroatoms. The number of hydrogen-bond donors (Lipinski definition) is 1. The summed E-state index contributed by atoms with van der Waals surface area (Å²) in [5.41, 5.74) is 0.864. The molecule has 0 spiro atoms. The topological polar surface area (TPSA) is 15.3 Å². The molecule has 0 aliphatic carbocycles. The lowest BCUT2D eigenvalue weighted by Gasteiger charge is -2.26. The van der Waals surface area contributed by atoms with Gasteiger partial charge in [0.15, 0.2) is 0 Å². The molecule has 0 aliphatic heterocycles. The van der Waals surface area contributed by atoms with Crippen LogP contribution in [0.1, 0.15) is 25.8 Å². The van der Waals surface area contributed by atoms with Crippen LogP contribution in [0.15, 0.2) is 12.1 Å². The van der Waals surface area contributed by atoms with Gasteiger partial charge in [0.05, 0.1) is 10.0 Å². The van der Waals surface area contributed by atoms with Crippen LogP contribution in [0.4, 0.5) is 0 Å². The predicted octanol–water partition coefficient (Wildman–Crippen LogP) is 4.71. The van der Waals surface area contributed by atoms with Gasteiger partial charge in [0, 0.05) is 29.7 Å². The number of likely N-dealkylation sites (N-methyl/N-ethyl adjacent to an activating group) is 1. The van der Waals surface area contributed by atoms with Crippen molar-refractivity contribution in [3.63, 3.8) is 0 Å². The van der Waals surface area contributed by atoms with E-state index in [0.717, 1.165) is 18.5 Å². The van der Waals surface area contributed by atoms with Crippen molar-refractivity contribution in [1.82, 2.24) is 10.2 Å². The molecule has 0 radical (unpaired) electrons. The Bertz CT molecular complexity index is 433. The first-order valence-electron chi connectivity index (χ1n) is 6.82. The summed E-state index contributed by atoms with van der Waals surface area (Å²) in [4.78, 5) is 2.24. The number of rotatable bonds is 7. The Kier molecular flexibility index (Phi) is 7.63. The Morgan fingerprint density at radius 2 is 1.70 bits per heavy atom. The Hall–Kier alpha value is 0.01000. The fourth-order valence-corrected chi connectivity index (χ4v) is 2.80. The third-order valence-corrected chi connectivity index (χ3v) is 4.49. The van der Waals surface area contributed by atoms with Gasteiger partial charge >= 0.3 is 0 Å². The third-order valence-electron chi connectivity index (χ3n) is 3.29.